The summed E-state index contributed by atoms with van der Waals surface area (Å²) in [6.07, 6.45) is 8.65. The summed E-state index contributed by atoms with van der Waals surface area (Å²) >= 11 is 0. The molecule has 0 bridgehead atoms. The second kappa shape index (κ2) is 6.82. The van der Waals surface area contributed by atoms with Crippen LogP contribution in [0.5, 0.6) is 0 Å². The molecule has 1 aromatic heterocycles. The van der Waals surface area contributed by atoms with Gasteiger partial charge in [-0.05, 0) is 18.9 Å². The molecule has 1 heterocycles. The molecule has 1 amide bonds. The Morgan fingerprint density at radius 3 is 2.62 bits per heavy atom. The summed E-state index contributed by atoms with van der Waals surface area (Å²) in [6, 6.07) is 0. The number of carbonyl (C=O) groups excluding carboxylic acids is 1. The van der Waals surface area contributed by atoms with E-state index in [1.165, 1.54) is 0 Å². The number of rotatable bonds is 6. The smallest absolute Gasteiger partial charge is 0.246 e. The van der Waals surface area contributed by atoms with Gasteiger partial charge in [-0.25, -0.2) is 4.98 Å². The highest BCUT2D eigenvalue weighted by Gasteiger charge is 2.07. The highest BCUT2D eigenvalue weighted by molar-refractivity contribution is 5.91. The third-order valence-corrected chi connectivity index (χ3v) is 2.21. The van der Waals surface area contributed by atoms with E-state index in [1.807, 2.05) is 4.90 Å². The second-order valence-corrected chi connectivity index (χ2v) is 3.65. The third-order valence-electron chi connectivity index (χ3n) is 2.21. The van der Waals surface area contributed by atoms with Crippen LogP contribution in [-0.2, 0) is 4.79 Å². The summed E-state index contributed by atoms with van der Waals surface area (Å²) in [4.78, 5) is 20.6. The first-order chi connectivity index (χ1) is 7.77. The molecule has 1 rings (SSSR count). The van der Waals surface area contributed by atoms with Crippen LogP contribution in [-0.4, -0.2) is 33.9 Å². The summed E-state index contributed by atoms with van der Waals surface area (Å²) in [5.41, 5.74) is 0.779. The van der Waals surface area contributed by atoms with Gasteiger partial charge in [-0.3, -0.25) is 4.79 Å². The average molecular weight is 221 g/mol. The second-order valence-electron chi connectivity index (χ2n) is 3.65. The van der Waals surface area contributed by atoms with Crippen molar-refractivity contribution in [3.8, 4) is 0 Å². The van der Waals surface area contributed by atoms with Crippen molar-refractivity contribution in [2.24, 2.45) is 0 Å². The Balaban J connectivity index is 2.54. The number of H-pyrrole nitrogens is 1. The Hall–Kier alpha value is -1.58. The molecular weight excluding hydrogens is 202 g/mol. The van der Waals surface area contributed by atoms with E-state index in [2.05, 4.69) is 23.8 Å². The Labute approximate surface area is 96.4 Å². The molecule has 0 radical (unpaired) electrons. The van der Waals surface area contributed by atoms with Gasteiger partial charge in [0.15, 0.2) is 0 Å². The maximum absolute atomic E-state index is 11.8. The monoisotopic (exact) mass is 221 g/mol. The van der Waals surface area contributed by atoms with Crippen LogP contribution < -0.4 is 0 Å². The molecule has 0 aliphatic heterocycles. The van der Waals surface area contributed by atoms with E-state index in [9.17, 15) is 4.79 Å². The van der Waals surface area contributed by atoms with Crippen molar-refractivity contribution in [3.63, 3.8) is 0 Å². The van der Waals surface area contributed by atoms with Gasteiger partial charge < -0.3 is 9.88 Å². The van der Waals surface area contributed by atoms with Gasteiger partial charge in [0.25, 0.3) is 0 Å². The van der Waals surface area contributed by atoms with E-state index < -0.39 is 0 Å². The number of hydrogen-bond acceptors (Lipinski definition) is 2. The zero-order chi connectivity index (χ0) is 11.8. The standard InChI is InChI=1S/C12H19N3O/c1-3-7-15(8-4-2)12(16)6-5-11-9-13-10-14-11/h5-6,9-10H,3-4,7-8H2,1-2H3,(H,13,14). The molecule has 0 saturated heterocycles. The number of nitrogens with one attached hydrogen (secondary N) is 1. The van der Waals surface area contributed by atoms with E-state index in [0.29, 0.717) is 0 Å². The Morgan fingerprint density at radius 2 is 2.12 bits per heavy atom. The summed E-state index contributed by atoms with van der Waals surface area (Å²) in [7, 11) is 0. The summed E-state index contributed by atoms with van der Waals surface area (Å²) in [6.45, 7) is 5.79. The average Bonchev–Trinajstić information content (AvgIpc) is 2.78. The van der Waals surface area contributed by atoms with E-state index in [4.69, 9.17) is 0 Å². The first kappa shape index (κ1) is 12.5. The van der Waals surface area contributed by atoms with Crippen LogP contribution in [0.1, 0.15) is 32.4 Å². The lowest BCUT2D eigenvalue weighted by Crippen LogP contribution is -2.30. The minimum atomic E-state index is 0.0618. The molecule has 4 heteroatoms. The van der Waals surface area contributed by atoms with Crippen molar-refractivity contribution in [1.29, 1.82) is 0 Å². The van der Waals surface area contributed by atoms with Gasteiger partial charge in [0, 0.05) is 25.4 Å². The van der Waals surface area contributed by atoms with Gasteiger partial charge in [0.1, 0.15) is 0 Å². The summed E-state index contributed by atoms with van der Waals surface area (Å²) in [5.74, 6) is 0.0618. The van der Waals surface area contributed by atoms with E-state index in [0.717, 1.165) is 31.6 Å². The molecule has 1 N–H and O–H groups in total. The molecule has 4 nitrogen and oxygen atoms in total. The molecule has 0 aliphatic carbocycles. The Kier molecular flexibility index (Phi) is 5.32. The number of aromatic nitrogens is 2. The Morgan fingerprint density at radius 1 is 1.44 bits per heavy atom. The van der Waals surface area contributed by atoms with E-state index in [1.54, 1.807) is 24.7 Å². The predicted molar refractivity (Wildman–Crippen MR) is 64.8 cm³/mol. The van der Waals surface area contributed by atoms with Crippen LogP contribution >= 0.6 is 0 Å². The Bertz CT molecular complexity index is 324. The van der Waals surface area contributed by atoms with Crippen molar-refractivity contribution in [2.75, 3.05) is 13.1 Å². The van der Waals surface area contributed by atoms with Gasteiger partial charge in [-0.2, -0.15) is 0 Å². The first-order valence-electron chi connectivity index (χ1n) is 5.73. The van der Waals surface area contributed by atoms with Crippen LogP contribution in [0, 0.1) is 0 Å². The fraction of sp³-hybridized carbons (Fsp3) is 0.500. The maximum Gasteiger partial charge on any atom is 0.246 e. The maximum atomic E-state index is 11.8. The van der Waals surface area contributed by atoms with Crippen LogP contribution in [0.3, 0.4) is 0 Å². The quantitative estimate of drug-likeness (QED) is 0.748. The molecule has 0 saturated carbocycles. The SMILES string of the molecule is CCCN(CCC)C(=O)C=Cc1c[nH]cn1. The normalized spacial score (nSPS) is 10.9. The number of imidazole rings is 1. The number of aromatic amines is 1. The van der Waals surface area contributed by atoms with Gasteiger partial charge in [0.2, 0.25) is 5.91 Å². The predicted octanol–water partition coefficient (Wildman–Crippen LogP) is 2.07. The molecule has 0 fully saturated rings. The van der Waals surface area contributed by atoms with Crippen molar-refractivity contribution in [2.45, 2.75) is 26.7 Å². The van der Waals surface area contributed by atoms with Gasteiger partial charge in [-0.1, -0.05) is 13.8 Å². The number of nitrogens with zero attached hydrogens (tertiary/aromatic N) is 2. The molecule has 88 valence electrons. The molecule has 16 heavy (non-hydrogen) atoms. The first-order valence-corrected chi connectivity index (χ1v) is 5.73. The lowest BCUT2D eigenvalue weighted by atomic mass is 10.3. The highest BCUT2D eigenvalue weighted by atomic mass is 16.2. The zero-order valence-electron chi connectivity index (χ0n) is 9.94. The molecule has 0 aliphatic rings. The lowest BCUT2D eigenvalue weighted by Gasteiger charge is -2.19. The van der Waals surface area contributed by atoms with Gasteiger partial charge in [-0.15, -0.1) is 0 Å². The molecule has 1 aromatic rings. The molecule has 0 unspecified atom stereocenters. The van der Waals surface area contributed by atoms with Gasteiger partial charge in [0.05, 0.1) is 12.0 Å². The topological polar surface area (TPSA) is 49.0 Å². The van der Waals surface area contributed by atoms with Crippen LogP contribution in [0.15, 0.2) is 18.6 Å². The summed E-state index contributed by atoms with van der Waals surface area (Å²) in [5, 5.41) is 0. The fourth-order valence-electron chi connectivity index (χ4n) is 1.50. The van der Waals surface area contributed by atoms with Crippen LogP contribution in [0.2, 0.25) is 0 Å². The lowest BCUT2D eigenvalue weighted by molar-refractivity contribution is -0.126. The summed E-state index contributed by atoms with van der Waals surface area (Å²) < 4.78 is 0. The molecule has 0 spiro atoms. The van der Waals surface area contributed by atoms with E-state index >= 15 is 0 Å². The number of carbonyl (C=O) groups is 1. The van der Waals surface area contributed by atoms with Crippen molar-refractivity contribution >= 4 is 12.0 Å². The minimum Gasteiger partial charge on any atom is -0.351 e. The highest BCUT2D eigenvalue weighted by Crippen LogP contribution is 2.00. The molecular formula is C12H19N3O. The van der Waals surface area contributed by atoms with Crippen molar-refractivity contribution in [1.82, 2.24) is 14.9 Å². The molecule has 0 aromatic carbocycles. The van der Waals surface area contributed by atoms with Gasteiger partial charge >= 0.3 is 0 Å². The van der Waals surface area contributed by atoms with E-state index in [-0.39, 0.29) is 5.91 Å². The van der Waals surface area contributed by atoms with Crippen molar-refractivity contribution in [3.05, 3.63) is 24.3 Å². The third kappa shape index (κ3) is 3.88. The number of amides is 1. The van der Waals surface area contributed by atoms with Crippen LogP contribution in [0.4, 0.5) is 0 Å². The largest absolute Gasteiger partial charge is 0.351 e. The van der Waals surface area contributed by atoms with Crippen LogP contribution in [0.25, 0.3) is 6.08 Å². The number of hydrogen-bond donors (Lipinski definition) is 1. The fourth-order valence-corrected chi connectivity index (χ4v) is 1.50. The minimum absolute atomic E-state index is 0.0618. The van der Waals surface area contributed by atoms with Crippen molar-refractivity contribution < 1.29 is 4.79 Å². The zero-order valence-corrected chi connectivity index (χ0v) is 9.94. The molecule has 0 atom stereocenters.